The van der Waals surface area contributed by atoms with E-state index in [0.717, 1.165) is 0 Å². The Labute approximate surface area is 107 Å². The molecule has 1 heterocycles. The summed E-state index contributed by atoms with van der Waals surface area (Å²) in [6, 6.07) is 8.85. The van der Waals surface area contributed by atoms with Crippen LogP contribution in [0.1, 0.15) is 10.4 Å². The summed E-state index contributed by atoms with van der Waals surface area (Å²) in [6.07, 6.45) is -0.436. The molecule has 5 heteroatoms. The van der Waals surface area contributed by atoms with E-state index >= 15 is 0 Å². The summed E-state index contributed by atoms with van der Waals surface area (Å²) in [7, 11) is 0. The molecule has 0 amide bonds. The fourth-order valence-electron chi connectivity index (χ4n) is 1.31. The van der Waals surface area contributed by atoms with Gasteiger partial charge in [-0.05, 0) is 34.7 Å². The van der Waals surface area contributed by atoms with Crippen molar-refractivity contribution in [1.82, 2.24) is 0 Å². The van der Waals surface area contributed by atoms with Gasteiger partial charge in [0.05, 0.1) is 12.2 Å². The van der Waals surface area contributed by atoms with Crippen molar-refractivity contribution < 1.29 is 19.0 Å². The summed E-state index contributed by atoms with van der Waals surface area (Å²) in [5, 5.41) is 0. The van der Waals surface area contributed by atoms with Crippen LogP contribution in [-0.2, 0) is 14.2 Å². The molecule has 1 saturated heterocycles. The largest absolute Gasteiger partial charge is 0.457 e. The lowest BCUT2D eigenvalue weighted by Crippen LogP contribution is -2.19. The van der Waals surface area contributed by atoms with E-state index in [-0.39, 0.29) is 16.7 Å². The summed E-state index contributed by atoms with van der Waals surface area (Å²) >= 11 is 2.13. The maximum Gasteiger partial charge on any atom is 0.338 e. The minimum atomic E-state index is -0.436. The Morgan fingerprint density at radius 2 is 2.19 bits per heavy atom. The lowest BCUT2D eigenvalue weighted by Gasteiger charge is -2.09. The monoisotopic (exact) mass is 334 g/mol. The maximum atomic E-state index is 11.5. The Balaban J connectivity index is 1.80. The number of hydrogen-bond acceptors (Lipinski definition) is 4. The van der Waals surface area contributed by atoms with Crippen molar-refractivity contribution in [2.75, 3.05) is 13.2 Å². The van der Waals surface area contributed by atoms with Gasteiger partial charge in [0.1, 0.15) is 10.7 Å². The number of carbonyl (C=O) groups is 1. The van der Waals surface area contributed by atoms with Crippen LogP contribution < -0.4 is 0 Å². The predicted octanol–water partition coefficient (Wildman–Crippen LogP) is 1.98. The fourth-order valence-corrected chi connectivity index (χ4v) is 1.85. The Kier molecular flexibility index (Phi) is 4.14. The lowest BCUT2D eigenvalue weighted by atomic mass is 10.2. The standard InChI is InChI=1S/C11H11IO4/c12-9-6-14-10(16-9)7-15-11(13)8-4-2-1-3-5-8/h1-5,9-10H,6-7H2/t9-,10?/m1/s1. The topological polar surface area (TPSA) is 44.8 Å². The van der Waals surface area contributed by atoms with E-state index in [1.54, 1.807) is 24.3 Å². The minimum absolute atomic E-state index is 0.0398. The number of rotatable bonds is 3. The molecule has 86 valence electrons. The Morgan fingerprint density at radius 3 is 2.81 bits per heavy atom. The number of benzene rings is 1. The summed E-state index contributed by atoms with van der Waals surface area (Å²) in [6.45, 7) is 0.668. The van der Waals surface area contributed by atoms with Gasteiger partial charge < -0.3 is 14.2 Å². The van der Waals surface area contributed by atoms with Crippen LogP contribution in [0, 0.1) is 0 Å². The summed E-state index contributed by atoms with van der Waals surface area (Å²) in [4.78, 5) is 11.5. The van der Waals surface area contributed by atoms with Crippen molar-refractivity contribution >= 4 is 28.6 Å². The van der Waals surface area contributed by atoms with Gasteiger partial charge in [-0.25, -0.2) is 4.79 Å². The van der Waals surface area contributed by atoms with Crippen molar-refractivity contribution in [3.05, 3.63) is 35.9 Å². The van der Waals surface area contributed by atoms with Gasteiger partial charge >= 0.3 is 5.97 Å². The summed E-state index contributed by atoms with van der Waals surface area (Å²) in [5.74, 6) is -0.357. The second-order valence-electron chi connectivity index (χ2n) is 3.27. The average Bonchev–Trinajstić information content (AvgIpc) is 2.73. The average molecular weight is 334 g/mol. The molecule has 2 atom stereocenters. The zero-order valence-corrected chi connectivity index (χ0v) is 10.6. The first-order chi connectivity index (χ1) is 7.75. The van der Waals surface area contributed by atoms with E-state index in [1.165, 1.54) is 0 Å². The molecule has 4 nitrogen and oxygen atoms in total. The van der Waals surface area contributed by atoms with Crippen LogP contribution in [0.15, 0.2) is 30.3 Å². The van der Waals surface area contributed by atoms with Gasteiger partial charge in [0.15, 0.2) is 6.29 Å². The third-order valence-corrected chi connectivity index (χ3v) is 2.73. The normalized spacial score (nSPS) is 24.3. The lowest BCUT2D eigenvalue weighted by molar-refractivity contribution is -0.0826. The molecule has 0 N–H and O–H groups in total. The summed E-state index contributed by atoms with van der Waals surface area (Å²) in [5.41, 5.74) is 0.534. The molecule has 16 heavy (non-hydrogen) atoms. The molecular formula is C11H11IO4. The van der Waals surface area contributed by atoms with Crippen molar-refractivity contribution in [3.8, 4) is 0 Å². The third-order valence-electron chi connectivity index (χ3n) is 2.07. The van der Waals surface area contributed by atoms with E-state index in [2.05, 4.69) is 22.6 Å². The van der Waals surface area contributed by atoms with Crippen LogP contribution in [0.5, 0.6) is 0 Å². The quantitative estimate of drug-likeness (QED) is 0.482. The molecule has 1 aliphatic rings. The van der Waals surface area contributed by atoms with Crippen LogP contribution in [0.2, 0.25) is 0 Å². The highest BCUT2D eigenvalue weighted by atomic mass is 127. The summed E-state index contributed by atoms with van der Waals surface area (Å²) < 4.78 is 15.7. The third kappa shape index (κ3) is 3.16. The number of halogens is 1. The van der Waals surface area contributed by atoms with Crippen LogP contribution >= 0.6 is 22.6 Å². The highest BCUT2D eigenvalue weighted by Crippen LogP contribution is 2.17. The molecule has 0 bridgehead atoms. The SMILES string of the molecule is O=C(OCC1OC[C@H](I)O1)c1ccccc1. The van der Waals surface area contributed by atoms with Gasteiger partial charge in [0, 0.05) is 0 Å². The van der Waals surface area contributed by atoms with Crippen molar-refractivity contribution in [1.29, 1.82) is 0 Å². The molecule has 0 aromatic heterocycles. The van der Waals surface area contributed by atoms with Gasteiger partial charge in [-0.2, -0.15) is 0 Å². The highest BCUT2D eigenvalue weighted by Gasteiger charge is 2.24. The second-order valence-corrected chi connectivity index (χ2v) is 4.66. The molecule has 1 aromatic carbocycles. The Hall–Kier alpha value is -0.660. The van der Waals surface area contributed by atoms with Crippen LogP contribution in [0.3, 0.4) is 0 Å². The van der Waals surface area contributed by atoms with Crippen molar-refractivity contribution in [2.45, 2.75) is 10.4 Å². The highest BCUT2D eigenvalue weighted by molar-refractivity contribution is 14.1. The van der Waals surface area contributed by atoms with Gasteiger partial charge in [-0.3, -0.25) is 0 Å². The zero-order chi connectivity index (χ0) is 11.4. The van der Waals surface area contributed by atoms with E-state index in [4.69, 9.17) is 14.2 Å². The molecule has 0 spiro atoms. The van der Waals surface area contributed by atoms with Crippen LogP contribution in [0.4, 0.5) is 0 Å². The number of alkyl halides is 1. The van der Waals surface area contributed by atoms with Gasteiger partial charge in [-0.1, -0.05) is 18.2 Å². The Morgan fingerprint density at radius 1 is 1.44 bits per heavy atom. The van der Waals surface area contributed by atoms with Crippen molar-refractivity contribution in [3.63, 3.8) is 0 Å². The zero-order valence-electron chi connectivity index (χ0n) is 8.47. The molecule has 2 rings (SSSR count). The van der Waals surface area contributed by atoms with Gasteiger partial charge in [0.25, 0.3) is 0 Å². The van der Waals surface area contributed by atoms with E-state index in [9.17, 15) is 4.79 Å². The number of esters is 1. The van der Waals surface area contributed by atoms with E-state index in [0.29, 0.717) is 12.2 Å². The molecule has 0 saturated carbocycles. The van der Waals surface area contributed by atoms with Crippen LogP contribution in [-0.4, -0.2) is 29.6 Å². The fraction of sp³-hybridized carbons (Fsp3) is 0.364. The number of ether oxygens (including phenoxy) is 3. The maximum absolute atomic E-state index is 11.5. The number of carbonyl (C=O) groups excluding carboxylic acids is 1. The minimum Gasteiger partial charge on any atom is -0.457 e. The van der Waals surface area contributed by atoms with Crippen molar-refractivity contribution in [2.24, 2.45) is 0 Å². The first kappa shape index (κ1) is 11.8. The Bertz CT molecular complexity index is 354. The van der Waals surface area contributed by atoms with Gasteiger partial charge in [-0.15, -0.1) is 0 Å². The molecule has 1 fully saturated rings. The molecule has 1 aliphatic heterocycles. The molecule has 1 aromatic rings. The predicted molar refractivity (Wildman–Crippen MR) is 65.4 cm³/mol. The van der Waals surface area contributed by atoms with E-state index in [1.807, 2.05) is 6.07 Å². The molecule has 1 unspecified atom stereocenters. The smallest absolute Gasteiger partial charge is 0.338 e. The number of hydrogen-bond donors (Lipinski definition) is 0. The molecular weight excluding hydrogens is 323 g/mol. The first-order valence-corrected chi connectivity index (χ1v) is 6.13. The van der Waals surface area contributed by atoms with E-state index < -0.39 is 6.29 Å². The second kappa shape index (κ2) is 5.60. The molecule has 0 aliphatic carbocycles. The van der Waals surface area contributed by atoms with Gasteiger partial charge in [0.2, 0.25) is 0 Å². The first-order valence-electron chi connectivity index (χ1n) is 4.89. The van der Waals surface area contributed by atoms with Crippen LogP contribution in [0.25, 0.3) is 0 Å². The molecule has 0 radical (unpaired) electrons.